The van der Waals surface area contributed by atoms with Gasteiger partial charge in [0.25, 0.3) is 10.1 Å². The van der Waals surface area contributed by atoms with Crippen molar-refractivity contribution in [3.05, 3.63) is 0 Å². The highest BCUT2D eigenvalue weighted by Crippen LogP contribution is 1.78. The van der Waals surface area contributed by atoms with Crippen LogP contribution in [0, 0.1) is 0 Å². The van der Waals surface area contributed by atoms with Gasteiger partial charge < -0.3 is 11.6 Å². The third-order valence-electron chi connectivity index (χ3n) is 0.437. The molecular weight excluding hydrogens is 160 g/mol. The fourth-order valence-corrected chi connectivity index (χ4v) is 0.381. The van der Waals surface area contributed by atoms with Gasteiger partial charge in [-0.15, -0.1) is 9.39 Å². The maximum absolute atomic E-state index is 10.2. The number of rotatable bonds is 2. The van der Waals surface area contributed by atoms with E-state index in [9.17, 15) is 8.42 Å². The predicted octanol–water partition coefficient (Wildman–Crippen LogP) is -2.34. The van der Waals surface area contributed by atoms with Crippen LogP contribution in [0.2, 0.25) is 0 Å². The molecule has 0 aromatic heterocycles. The second-order valence-corrected chi connectivity index (χ2v) is 2.98. The Kier molecular flexibility index (Phi) is 2.90. The van der Waals surface area contributed by atoms with Crippen LogP contribution in [-0.2, 0) is 14.4 Å². The first kappa shape index (κ1) is 8.98. The van der Waals surface area contributed by atoms with Gasteiger partial charge >= 0.3 is 0 Å². The van der Waals surface area contributed by atoms with E-state index in [1.54, 1.807) is 5.48 Å². The summed E-state index contributed by atoms with van der Waals surface area (Å²) in [5, 5.41) is 2.89. The number of guanidine groups is 1. The van der Waals surface area contributed by atoms with E-state index in [1.165, 1.54) is 0 Å². The van der Waals surface area contributed by atoms with Crippen LogP contribution in [0.5, 0.6) is 0 Å². The quantitative estimate of drug-likeness (QED) is 0.184. The molecule has 0 aliphatic rings. The van der Waals surface area contributed by atoms with Crippen LogP contribution in [-0.4, -0.2) is 20.6 Å². The third kappa shape index (κ3) is 5.12. The first-order chi connectivity index (χ1) is 4.45. The minimum Gasteiger partial charge on any atom is -0.367 e. The second kappa shape index (κ2) is 3.22. The van der Waals surface area contributed by atoms with E-state index >= 15 is 0 Å². The SMILES string of the molecule is CS(=O)(=O)ONC(N)=NN. The van der Waals surface area contributed by atoms with E-state index in [1.807, 2.05) is 0 Å². The molecule has 0 bridgehead atoms. The van der Waals surface area contributed by atoms with Crippen molar-refractivity contribution in [3.63, 3.8) is 0 Å². The van der Waals surface area contributed by atoms with E-state index in [2.05, 4.69) is 15.2 Å². The molecule has 0 amide bonds. The molecule has 0 aliphatic carbocycles. The van der Waals surface area contributed by atoms with Crippen LogP contribution in [0.25, 0.3) is 0 Å². The first-order valence-corrected chi connectivity index (χ1v) is 3.95. The molecule has 0 fully saturated rings. The Labute approximate surface area is 58.1 Å². The van der Waals surface area contributed by atoms with E-state index in [0.29, 0.717) is 0 Å². The largest absolute Gasteiger partial charge is 0.367 e. The van der Waals surface area contributed by atoms with E-state index < -0.39 is 10.1 Å². The number of hydrogen-bond acceptors (Lipinski definition) is 5. The second-order valence-electron chi connectivity index (χ2n) is 1.40. The fourth-order valence-electron chi connectivity index (χ4n) is 0.145. The first-order valence-electron chi connectivity index (χ1n) is 2.13. The van der Waals surface area contributed by atoms with Crippen LogP contribution < -0.4 is 17.1 Å². The Hall–Kier alpha value is -1.02. The van der Waals surface area contributed by atoms with Gasteiger partial charge in [-0.2, -0.15) is 8.42 Å². The highest BCUT2D eigenvalue weighted by molar-refractivity contribution is 7.85. The molecule has 7 nitrogen and oxygen atoms in total. The number of hydroxylamine groups is 1. The van der Waals surface area contributed by atoms with Gasteiger partial charge in [-0.1, -0.05) is 0 Å². The number of hydrazone groups is 1. The molecule has 0 heterocycles. The van der Waals surface area contributed by atoms with Gasteiger partial charge in [0.1, 0.15) is 0 Å². The lowest BCUT2D eigenvalue weighted by atomic mass is 11.1. The Bertz CT molecular complexity index is 219. The zero-order valence-electron chi connectivity index (χ0n) is 5.23. The van der Waals surface area contributed by atoms with E-state index in [4.69, 9.17) is 5.73 Å². The Morgan fingerprint density at radius 1 is 1.70 bits per heavy atom. The third-order valence-corrected chi connectivity index (χ3v) is 0.823. The van der Waals surface area contributed by atoms with Crippen LogP contribution >= 0.6 is 0 Å². The molecule has 0 saturated carbocycles. The summed E-state index contributed by atoms with van der Waals surface area (Å²) in [6, 6.07) is 0. The number of nitrogens with two attached hydrogens (primary N) is 2. The minimum atomic E-state index is -3.56. The van der Waals surface area contributed by atoms with Crippen molar-refractivity contribution in [2.45, 2.75) is 0 Å². The van der Waals surface area contributed by atoms with Gasteiger partial charge in [-0.05, 0) is 0 Å². The van der Waals surface area contributed by atoms with Crippen molar-refractivity contribution in [3.8, 4) is 0 Å². The molecule has 0 spiro atoms. The molecule has 0 aromatic carbocycles. The molecule has 0 aromatic rings. The Balaban J connectivity index is 3.79. The zero-order chi connectivity index (χ0) is 8.20. The summed E-state index contributed by atoms with van der Waals surface area (Å²) in [4.78, 5) is 0. The predicted molar refractivity (Wildman–Crippen MR) is 34.9 cm³/mol. The average molecular weight is 168 g/mol. The lowest BCUT2D eigenvalue weighted by molar-refractivity contribution is 0.269. The maximum Gasteiger partial charge on any atom is 0.285 e. The molecule has 0 aliphatic heterocycles. The summed E-state index contributed by atoms with van der Waals surface area (Å²) in [5.74, 6) is 4.31. The minimum absolute atomic E-state index is 0.314. The van der Waals surface area contributed by atoms with Crippen molar-refractivity contribution in [1.29, 1.82) is 0 Å². The summed E-state index contributed by atoms with van der Waals surface area (Å²) in [5.41, 5.74) is 6.69. The van der Waals surface area contributed by atoms with Crippen LogP contribution in [0.4, 0.5) is 0 Å². The molecule has 0 rings (SSSR count). The average Bonchev–Trinajstić information content (AvgIpc) is 1.81. The Morgan fingerprint density at radius 2 is 2.20 bits per heavy atom. The molecular formula is C2H8N4O3S. The number of nitrogens with zero attached hydrogens (tertiary/aromatic N) is 1. The number of hydrogen-bond donors (Lipinski definition) is 3. The highest BCUT2D eigenvalue weighted by Gasteiger charge is 2.00. The van der Waals surface area contributed by atoms with Gasteiger partial charge in [0, 0.05) is 0 Å². The maximum atomic E-state index is 10.2. The van der Waals surface area contributed by atoms with Gasteiger partial charge in [0.15, 0.2) is 0 Å². The molecule has 10 heavy (non-hydrogen) atoms. The van der Waals surface area contributed by atoms with Crippen molar-refractivity contribution in [2.75, 3.05) is 6.26 Å². The topological polar surface area (TPSA) is 120 Å². The molecule has 8 heteroatoms. The normalized spacial score (nSPS) is 13.1. The zero-order valence-corrected chi connectivity index (χ0v) is 6.05. The monoisotopic (exact) mass is 168 g/mol. The molecule has 0 radical (unpaired) electrons. The van der Waals surface area contributed by atoms with Crippen LogP contribution in [0.3, 0.4) is 0 Å². The standard InChI is InChI=1S/C2H8N4O3S/c1-10(7,8)9-6-2(3)5-4/h4H2,1H3,(H3,3,5,6). The van der Waals surface area contributed by atoms with E-state index in [0.717, 1.165) is 6.26 Å². The summed E-state index contributed by atoms with van der Waals surface area (Å²) in [7, 11) is -3.56. The van der Waals surface area contributed by atoms with Crippen molar-refractivity contribution in [2.24, 2.45) is 16.7 Å². The summed E-state index contributed by atoms with van der Waals surface area (Å²) < 4.78 is 24.4. The highest BCUT2D eigenvalue weighted by atomic mass is 32.2. The molecule has 0 saturated heterocycles. The smallest absolute Gasteiger partial charge is 0.285 e. The molecule has 0 atom stereocenters. The molecule has 5 N–H and O–H groups in total. The van der Waals surface area contributed by atoms with Gasteiger partial charge in [-0.3, -0.25) is 0 Å². The van der Waals surface area contributed by atoms with Gasteiger partial charge in [0.2, 0.25) is 5.96 Å². The Morgan fingerprint density at radius 3 is 2.50 bits per heavy atom. The summed E-state index contributed by atoms with van der Waals surface area (Å²) >= 11 is 0. The van der Waals surface area contributed by atoms with Gasteiger partial charge in [-0.25, -0.2) is 5.48 Å². The summed E-state index contributed by atoms with van der Waals surface area (Å²) in [6.07, 6.45) is 0.851. The van der Waals surface area contributed by atoms with Gasteiger partial charge in [0.05, 0.1) is 6.26 Å². The van der Waals surface area contributed by atoms with Crippen LogP contribution in [0.1, 0.15) is 0 Å². The molecule has 60 valence electrons. The van der Waals surface area contributed by atoms with Crippen molar-refractivity contribution < 1.29 is 12.7 Å². The van der Waals surface area contributed by atoms with Crippen molar-refractivity contribution in [1.82, 2.24) is 5.48 Å². The number of nitrogens with one attached hydrogen (secondary N) is 1. The van der Waals surface area contributed by atoms with Crippen molar-refractivity contribution >= 4 is 16.1 Å². The lowest BCUT2D eigenvalue weighted by Crippen LogP contribution is -2.34. The fraction of sp³-hybridized carbons (Fsp3) is 0.500. The van der Waals surface area contributed by atoms with Crippen LogP contribution in [0.15, 0.2) is 5.10 Å². The summed E-state index contributed by atoms with van der Waals surface area (Å²) in [6.45, 7) is 0. The van der Waals surface area contributed by atoms with E-state index in [-0.39, 0.29) is 5.96 Å². The lowest BCUT2D eigenvalue weighted by Gasteiger charge is -2.00. The molecule has 0 unspecified atom stereocenters.